The third-order valence-corrected chi connectivity index (χ3v) is 5.02. The summed E-state index contributed by atoms with van der Waals surface area (Å²) in [5.41, 5.74) is 0.152. The number of methoxy groups -OCH3 is 2. The Morgan fingerprint density at radius 1 is 1.05 bits per heavy atom. The van der Waals surface area contributed by atoms with Gasteiger partial charge >= 0.3 is 0 Å². The summed E-state index contributed by atoms with van der Waals surface area (Å²) >= 11 is 0. The molecular formula is C16H23NO3. The molecule has 0 saturated carbocycles. The molecular weight excluding hydrogens is 254 g/mol. The Balaban J connectivity index is 1.95. The van der Waals surface area contributed by atoms with Crippen molar-refractivity contribution in [2.24, 2.45) is 0 Å². The fourth-order valence-electron chi connectivity index (χ4n) is 3.76. The lowest BCUT2D eigenvalue weighted by Gasteiger charge is -2.42. The molecule has 2 bridgehead atoms. The molecule has 2 unspecified atom stereocenters. The molecule has 4 heteroatoms. The van der Waals surface area contributed by atoms with Crippen molar-refractivity contribution in [3.63, 3.8) is 0 Å². The summed E-state index contributed by atoms with van der Waals surface area (Å²) in [7, 11) is 5.45. The van der Waals surface area contributed by atoms with Crippen LogP contribution in [0.3, 0.4) is 0 Å². The van der Waals surface area contributed by atoms with Gasteiger partial charge in [-0.15, -0.1) is 0 Å². The van der Waals surface area contributed by atoms with Crippen LogP contribution in [0.4, 0.5) is 0 Å². The first kappa shape index (κ1) is 13.7. The third-order valence-electron chi connectivity index (χ3n) is 5.02. The smallest absolute Gasteiger partial charge is 0.122 e. The summed E-state index contributed by atoms with van der Waals surface area (Å²) in [6, 6.07) is 6.68. The van der Waals surface area contributed by atoms with Crippen LogP contribution in [0.1, 0.15) is 31.2 Å². The van der Waals surface area contributed by atoms with Crippen molar-refractivity contribution in [3.05, 3.63) is 23.8 Å². The van der Waals surface area contributed by atoms with Crippen LogP contribution >= 0.6 is 0 Å². The molecule has 2 aliphatic rings. The fourth-order valence-corrected chi connectivity index (χ4v) is 3.76. The van der Waals surface area contributed by atoms with Crippen LogP contribution in [0, 0.1) is 0 Å². The molecule has 0 aromatic heterocycles. The molecule has 0 spiro atoms. The van der Waals surface area contributed by atoms with E-state index in [0.29, 0.717) is 12.1 Å². The molecule has 0 radical (unpaired) electrons. The Hall–Kier alpha value is -1.26. The van der Waals surface area contributed by atoms with E-state index >= 15 is 0 Å². The van der Waals surface area contributed by atoms with Crippen molar-refractivity contribution >= 4 is 0 Å². The van der Waals surface area contributed by atoms with Crippen LogP contribution in [-0.4, -0.2) is 43.4 Å². The van der Waals surface area contributed by atoms with Gasteiger partial charge in [-0.2, -0.15) is 0 Å². The second-order valence-corrected chi connectivity index (χ2v) is 6.09. The van der Waals surface area contributed by atoms with Gasteiger partial charge in [-0.3, -0.25) is 0 Å². The van der Waals surface area contributed by atoms with Crippen LogP contribution in [0.15, 0.2) is 18.2 Å². The Labute approximate surface area is 120 Å². The largest absolute Gasteiger partial charge is 0.497 e. The number of hydrogen-bond acceptors (Lipinski definition) is 4. The summed E-state index contributed by atoms with van der Waals surface area (Å²) in [6.45, 7) is 0. The molecule has 2 saturated heterocycles. The van der Waals surface area contributed by atoms with E-state index in [9.17, 15) is 5.11 Å². The minimum atomic E-state index is -0.764. The zero-order valence-electron chi connectivity index (χ0n) is 12.4. The average molecular weight is 277 g/mol. The van der Waals surface area contributed by atoms with Crippen molar-refractivity contribution in [1.82, 2.24) is 4.90 Å². The van der Waals surface area contributed by atoms with Crippen LogP contribution in [-0.2, 0) is 5.60 Å². The van der Waals surface area contributed by atoms with E-state index < -0.39 is 5.60 Å². The Bertz CT molecular complexity index is 466. The second-order valence-electron chi connectivity index (χ2n) is 6.09. The molecule has 1 N–H and O–H groups in total. The van der Waals surface area contributed by atoms with Gasteiger partial charge in [0.25, 0.3) is 0 Å². The number of rotatable bonds is 3. The number of aliphatic hydroxyl groups is 1. The number of fused-ring (bicyclic) bond motifs is 2. The summed E-state index contributed by atoms with van der Waals surface area (Å²) in [4.78, 5) is 2.42. The molecule has 3 rings (SSSR count). The molecule has 2 atom stereocenters. The molecule has 20 heavy (non-hydrogen) atoms. The monoisotopic (exact) mass is 277 g/mol. The number of benzene rings is 1. The maximum atomic E-state index is 11.1. The Kier molecular flexibility index (Phi) is 3.38. The van der Waals surface area contributed by atoms with Crippen LogP contribution in [0.25, 0.3) is 0 Å². The lowest BCUT2D eigenvalue weighted by atomic mass is 9.80. The highest BCUT2D eigenvalue weighted by molar-refractivity contribution is 5.41. The van der Waals surface area contributed by atoms with E-state index in [1.54, 1.807) is 14.2 Å². The van der Waals surface area contributed by atoms with Gasteiger partial charge in [-0.05, 0) is 50.4 Å². The van der Waals surface area contributed by atoms with Gasteiger partial charge in [0.15, 0.2) is 0 Å². The number of piperidine rings is 1. The van der Waals surface area contributed by atoms with E-state index in [1.807, 2.05) is 18.2 Å². The van der Waals surface area contributed by atoms with Gasteiger partial charge in [0.05, 0.1) is 19.8 Å². The standard InChI is InChI=1S/C16H23NO3/c1-17-12-4-5-13(17)10-16(18,9-12)11-6-14(19-2)8-15(7-11)20-3/h6-8,12-13,18H,4-5,9-10H2,1-3H3. The highest BCUT2D eigenvalue weighted by Crippen LogP contribution is 2.46. The predicted molar refractivity (Wildman–Crippen MR) is 77.2 cm³/mol. The van der Waals surface area contributed by atoms with Crippen molar-refractivity contribution in [1.29, 1.82) is 0 Å². The van der Waals surface area contributed by atoms with E-state index in [1.165, 1.54) is 12.8 Å². The molecule has 2 heterocycles. The summed E-state index contributed by atoms with van der Waals surface area (Å²) in [6.07, 6.45) is 3.95. The molecule has 1 aromatic rings. The maximum Gasteiger partial charge on any atom is 0.122 e. The van der Waals surface area contributed by atoms with E-state index in [4.69, 9.17) is 9.47 Å². The zero-order chi connectivity index (χ0) is 14.3. The number of nitrogens with zero attached hydrogens (tertiary/aromatic N) is 1. The van der Waals surface area contributed by atoms with Crippen molar-refractivity contribution < 1.29 is 14.6 Å². The number of ether oxygens (including phenoxy) is 2. The van der Waals surface area contributed by atoms with Crippen LogP contribution in [0.2, 0.25) is 0 Å². The van der Waals surface area contributed by atoms with Crippen molar-refractivity contribution in [2.45, 2.75) is 43.4 Å². The molecule has 4 nitrogen and oxygen atoms in total. The van der Waals surface area contributed by atoms with E-state index in [0.717, 1.165) is 29.9 Å². The van der Waals surface area contributed by atoms with E-state index in [-0.39, 0.29) is 0 Å². The quantitative estimate of drug-likeness (QED) is 0.919. The van der Waals surface area contributed by atoms with E-state index in [2.05, 4.69) is 11.9 Å². The lowest BCUT2D eigenvalue weighted by molar-refractivity contribution is -0.0495. The topological polar surface area (TPSA) is 41.9 Å². The lowest BCUT2D eigenvalue weighted by Crippen LogP contribution is -2.47. The SMILES string of the molecule is COc1cc(OC)cc(C2(O)CC3CCC(C2)N3C)c1. The summed E-state index contributed by atoms with van der Waals surface area (Å²) in [5.74, 6) is 1.47. The zero-order valence-corrected chi connectivity index (χ0v) is 12.4. The highest BCUT2D eigenvalue weighted by atomic mass is 16.5. The Morgan fingerprint density at radius 3 is 2.00 bits per heavy atom. The summed E-state index contributed by atoms with van der Waals surface area (Å²) in [5, 5.41) is 11.1. The number of hydrogen-bond donors (Lipinski definition) is 1. The first-order valence-electron chi connectivity index (χ1n) is 7.23. The summed E-state index contributed by atoms with van der Waals surface area (Å²) < 4.78 is 10.6. The normalized spacial score (nSPS) is 33.2. The first-order valence-corrected chi connectivity index (χ1v) is 7.23. The maximum absolute atomic E-state index is 11.1. The van der Waals surface area contributed by atoms with Gasteiger partial charge in [0, 0.05) is 18.2 Å². The third kappa shape index (κ3) is 2.17. The van der Waals surface area contributed by atoms with Gasteiger partial charge in [0.2, 0.25) is 0 Å². The minimum absolute atomic E-state index is 0.482. The average Bonchev–Trinajstić information content (AvgIpc) is 2.69. The molecule has 0 aliphatic carbocycles. The van der Waals surface area contributed by atoms with Crippen molar-refractivity contribution in [3.8, 4) is 11.5 Å². The van der Waals surface area contributed by atoms with Crippen LogP contribution < -0.4 is 9.47 Å². The highest BCUT2D eigenvalue weighted by Gasteiger charge is 2.47. The molecule has 110 valence electrons. The fraction of sp³-hybridized carbons (Fsp3) is 0.625. The van der Waals surface area contributed by atoms with Crippen molar-refractivity contribution in [2.75, 3.05) is 21.3 Å². The predicted octanol–water partition coefficient (Wildman–Crippen LogP) is 2.15. The van der Waals surface area contributed by atoms with Crippen LogP contribution in [0.5, 0.6) is 11.5 Å². The molecule has 2 fully saturated rings. The first-order chi connectivity index (χ1) is 9.55. The second kappa shape index (κ2) is 4.93. The Morgan fingerprint density at radius 2 is 1.55 bits per heavy atom. The van der Waals surface area contributed by atoms with Gasteiger partial charge in [0.1, 0.15) is 11.5 Å². The van der Waals surface area contributed by atoms with Gasteiger partial charge < -0.3 is 19.5 Å². The minimum Gasteiger partial charge on any atom is -0.497 e. The molecule has 1 aromatic carbocycles. The van der Waals surface area contributed by atoms with Gasteiger partial charge in [-0.1, -0.05) is 0 Å². The molecule has 2 aliphatic heterocycles. The van der Waals surface area contributed by atoms with Gasteiger partial charge in [-0.25, -0.2) is 0 Å². The molecule has 0 amide bonds.